The second-order valence-corrected chi connectivity index (χ2v) is 5.54. The third kappa shape index (κ3) is 3.85. The molecule has 0 saturated heterocycles. The molecule has 0 fully saturated rings. The zero-order valence-electron chi connectivity index (χ0n) is 11.6. The molecule has 0 atom stereocenters. The highest BCUT2D eigenvalue weighted by atomic mass is 32.2. The van der Waals surface area contributed by atoms with E-state index in [-0.39, 0.29) is 5.56 Å². The van der Waals surface area contributed by atoms with Crippen LogP contribution in [0.15, 0.2) is 39.1 Å². The summed E-state index contributed by atoms with van der Waals surface area (Å²) in [5.74, 6) is -0.533. The zero-order chi connectivity index (χ0) is 15.4. The monoisotopic (exact) mass is 304 g/mol. The lowest BCUT2D eigenvalue weighted by Gasteiger charge is -2.07. The first kappa shape index (κ1) is 15.1. The van der Waals surface area contributed by atoms with Gasteiger partial charge in [-0.2, -0.15) is 0 Å². The molecule has 2 aromatic rings. The van der Waals surface area contributed by atoms with Crippen molar-refractivity contribution in [3.05, 3.63) is 45.9 Å². The molecule has 1 amide bonds. The molecule has 0 spiro atoms. The number of aromatic nitrogens is 2. The van der Waals surface area contributed by atoms with Crippen molar-refractivity contribution in [2.75, 3.05) is 5.73 Å². The van der Waals surface area contributed by atoms with Gasteiger partial charge in [0.15, 0.2) is 5.16 Å². The normalized spacial score (nSPS) is 10.5. The van der Waals surface area contributed by atoms with E-state index >= 15 is 0 Å². The Labute approximate surface area is 126 Å². The third-order valence-corrected chi connectivity index (χ3v) is 3.76. The van der Waals surface area contributed by atoms with E-state index in [9.17, 15) is 9.59 Å². The molecule has 7 heteroatoms. The van der Waals surface area contributed by atoms with Crippen LogP contribution in [0.1, 0.15) is 29.4 Å². The third-order valence-electron chi connectivity index (χ3n) is 2.78. The molecule has 21 heavy (non-hydrogen) atoms. The molecule has 1 aromatic carbocycles. The number of H-pyrrole nitrogens is 1. The number of nitrogens with zero attached hydrogens (tertiary/aromatic N) is 1. The minimum absolute atomic E-state index is 0.191. The molecule has 0 aliphatic carbocycles. The number of primary amides is 1. The second kappa shape index (κ2) is 6.45. The molecule has 0 bridgehead atoms. The fourth-order valence-electron chi connectivity index (χ4n) is 1.81. The first-order valence-electron chi connectivity index (χ1n) is 6.47. The Hall–Kier alpha value is -2.28. The number of carbonyl (C=O) groups excluding carboxylic acids is 1. The van der Waals surface area contributed by atoms with Crippen molar-refractivity contribution in [3.63, 3.8) is 0 Å². The number of rotatable bonds is 5. The average molecular weight is 304 g/mol. The van der Waals surface area contributed by atoms with Crippen LogP contribution in [0.2, 0.25) is 0 Å². The van der Waals surface area contributed by atoms with Crippen LogP contribution in [0.25, 0.3) is 0 Å². The van der Waals surface area contributed by atoms with E-state index in [1.54, 1.807) is 12.1 Å². The highest BCUT2D eigenvalue weighted by molar-refractivity contribution is 7.99. The Morgan fingerprint density at radius 1 is 1.38 bits per heavy atom. The van der Waals surface area contributed by atoms with E-state index < -0.39 is 5.91 Å². The second-order valence-electron chi connectivity index (χ2n) is 4.51. The molecule has 6 nitrogen and oxygen atoms in total. The molecule has 1 heterocycles. The number of carbonyl (C=O) groups is 1. The lowest BCUT2D eigenvalue weighted by Crippen LogP contribution is -2.11. The summed E-state index contributed by atoms with van der Waals surface area (Å²) in [6, 6.07) is 6.29. The summed E-state index contributed by atoms with van der Waals surface area (Å²) < 4.78 is 0. The van der Waals surface area contributed by atoms with E-state index in [1.165, 1.54) is 23.9 Å². The Balaban J connectivity index is 2.29. The fraction of sp³-hybridized carbons (Fsp3) is 0.214. The average Bonchev–Trinajstić information content (AvgIpc) is 2.40. The standard InChI is InChI=1S/C14H16N4O2S/c1-2-3-9-7-12(19)18-14(17-9)21-11-5-4-8(13(16)20)6-10(11)15/h4-7H,2-3,15H2,1H3,(H2,16,20)(H,17,18,19). The van der Waals surface area contributed by atoms with Crippen molar-refractivity contribution < 1.29 is 4.79 Å². The Kier molecular flexibility index (Phi) is 4.64. The smallest absolute Gasteiger partial charge is 0.251 e. The SMILES string of the molecule is CCCc1cc(=O)[nH]c(Sc2ccc(C(N)=O)cc2N)n1. The maximum absolute atomic E-state index is 11.6. The summed E-state index contributed by atoms with van der Waals surface area (Å²) in [7, 11) is 0. The lowest BCUT2D eigenvalue weighted by molar-refractivity contribution is 0.100. The van der Waals surface area contributed by atoms with E-state index in [1.807, 2.05) is 6.92 Å². The van der Waals surface area contributed by atoms with Gasteiger partial charge in [-0.3, -0.25) is 9.59 Å². The Morgan fingerprint density at radius 3 is 2.76 bits per heavy atom. The molecule has 110 valence electrons. The number of amides is 1. The van der Waals surface area contributed by atoms with Gasteiger partial charge in [-0.05, 0) is 36.4 Å². The summed E-state index contributed by atoms with van der Waals surface area (Å²) in [6.07, 6.45) is 1.66. The number of anilines is 1. The van der Waals surface area contributed by atoms with Crippen molar-refractivity contribution in [3.8, 4) is 0 Å². The maximum atomic E-state index is 11.6. The molecule has 0 radical (unpaired) electrons. The van der Waals surface area contributed by atoms with E-state index in [4.69, 9.17) is 11.5 Å². The molecule has 1 aromatic heterocycles. The molecule has 5 N–H and O–H groups in total. The van der Waals surface area contributed by atoms with Gasteiger partial charge in [0.25, 0.3) is 5.56 Å². The molecular formula is C14H16N4O2S. The number of nitrogens with two attached hydrogens (primary N) is 2. The predicted octanol–water partition coefficient (Wildman–Crippen LogP) is 1.55. The number of nitrogen functional groups attached to an aromatic ring is 1. The summed E-state index contributed by atoms with van der Waals surface area (Å²) in [5.41, 5.74) is 12.4. The van der Waals surface area contributed by atoms with Crippen LogP contribution in [0.4, 0.5) is 5.69 Å². The van der Waals surface area contributed by atoms with Crippen molar-refractivity contribution in [2.24, 2.45) is 5.73 Å². The van der Waals surface area contributed by atoms with Gasteiger partial charge in [-0.25, -0.2) is 4.98 Å². The molecular weight excluding hydrogens is 288 g/mol. The fourth-order valence-corrected chi connectivity index (χ4v) is 2.65. The minimum Gasteiger partial charge on any atom is -0.398 e. The molecule has 0 aliphatic heterocycles. The highest BCUT2D eigenvalue weighted by Gasteiger charge is 2.08. The van der Waals surface area contributed by atoms with E-state index in [0.717, 1.165) is 18.5 Å². The van der Waals surface area contributed by atoms with Crippen molar-refractivity contribution in [2.45, 2.75) is 29.8 Å². The minimum atomic E-state index is -0.533. The largest absolute Gasteiger partial charge is 0.398 e. The summed E-state index contributed by atoms with van der Waals surface area (Å²) in [5, 5.41) is 0.476. The summed E-state index contributed by atoms with van der Waals surface area (Å²) in [4.78, 5) is 30.4. The van der Waals surface area contributed by atoms with Gasteiger partial charge in [-0.15, -0.1) is 0 Å². The number of hydrogen-bond acceptors (Lipinski definition) is 5. The van der Waals surface area contributed by atoms with Gasteiger partial charge in [-0.1, -0.05) is 13.3 Å². The van der Waals surface area contributed by atoms with Crippen LogP contribution in [0.5, 0.6) is 0 Å². The Bertz CT molecular complexity index is 727. The van der Waals surface area contributed by atoms with Crippen molar-refractivity contribution >= 4 is 23.4 Å². The van der Waals surface area contributed by atoms with E-state index in [2.05, 4.69) is 9.97 Å². The topological polar surface area (TPSA) is 115 Å². The van der Waals surface area contributed by atoms with Gasteiger partial charge in [0.2, 0.25) is 5.91 Å². The predicted molar refractivity (Wildman–Crippen MR) is 82.3 cm³/mol. The first-order chi connectivity index (χ1) is 9.99. The quantitative estimate of drug-likeness (QED) is 0.572. The number of benzene rings is 1. The number of nitrogens with one attached hydrogen (secondary N) is 1. The van der Waals surface area contributed by atoms with Crippen LogP contribution >= 0.6 is 11.8 Å². The van der Waals surface area contributed by atoms with Crippen molar-refractivity contribution in [1.29, 1.82) is 0 Å². The Morgan fingerprint density at radius 2 is 2.14 bits per heavy atom. The molecule has 2 rings (SSSR count). The van der Waals surface area contributed by atoms with Crippen LogP contribution in [0.3, 0.4) is 0 Å². The van der Waals surface area contributed by atoms with Crippen LogP contribution < -0.4 is 17.0 Å². The lowest BCUT2D eigenvalue weighted by atomic mass is 10.2. The van der Waals surface area contributed by atoms with Gasteiger partial charge >= 0.3 is 0 Å². The van der Waals surface area contributed by atoms with Gasteiger partial charge in [0.1, 0.15) is 0 Å². The van der Waals surface area contributed by atoms with Gasteiger partial charge in [0.05, 0.1) is 0 Å². The zero-order valence-corrected chi connectivity index (χ0v) is 12.4. The van der Waals surface area contributed by atoms with Gasteiger partial charge < -0.3 is 16.5 Å². The van der Waals surface area contributed by atoms with Crippen LogP contribution in [-0.2, 0) is 6.42 Å². The van der Waals surface area contributed by atoms with E-state index in [0.29, 0.717) is 21.3 Å². The number of aryl methyl sites for hydroxylation is 1. The van der Waals surface area contributed by atoms with Crippen molar-refractivity contribution in [1.82, 2.24) is 9.97 Å². The highest BCUT2D eigenvalue weighted by Crippen LogP contribution is 2.30. The summed E-state index contributed by atoms with van der Waals surface area (Å²) in [6.45, 7) is 2.02. The number of hydrogen-bond donors (Lipinski definition) is 3. The van der Waals surface area contributed by atoms with Crippen LogP contribution in [0, 0.1) is 0 Å². The summed E-state index contributed by atoms with van der Waals surface area (Å²) >= 11 is 1.25. The molecule has 0 unspecified atom stereocenters. The van der Waals surface area contributed by atoms with Gasteiger partial charge in [0, 0.05) is 27.9 Å². The molecule has 0 aliphatic rings. The first-order valence-corrected chi connectivity index (χ1v) is 7.28. The molecule has 0 saturated carbocycles. The maximum Gasteiger partial charge on any atom is 0.251 e. The van der Waals surface area contributed by atoms with Crippen LogP contribution in [-0.4, -0.2) is 15.9 Å². The number of aromatic amines is 1.